The number of carbonyl (C=O) groups is 1. The molecule has 0 saturated heterocycles. The van der Waals surface area contributed by atoms with Crippen LogP contribution in [0.15, 0.2) is 36.7 Å². The van der Waals surface area contributed by atoms with Gasteiger partial charge in [-0.1, -0.05) is 23.2 Å². The zero-order valence-corrected chi connectivity index (χ0v) is 24.2. The first-order valence-electron chi connectivity index (χ1n) is 11.7. The molecule has 42 heavy (non-hydrogen) atoms. The molecular weight excluding hydrogens is 629 g/mol. The molecule has 0 saturated carbocycles. The number of rotatable bonds is 4. The highest BCUT2D eigenvalue weighted by Gasteiger charge is 2.37. The molecule has 10 nitrogen and oxygen atoms in total. The fraction of sp³-hybridized carbons (Fsp3) is 0.240. The summed E-state index contributed by atoms with van der Waals surface area (Å²) in [4.78, 5) is 24.7. The Labute approximate surface area is 246 Å². The Morgan fingerprint density at radius 1 is 1.17 bits per heavy atom. The van der Waals surface area contributed by atoms with E-state index in [0.717, 1.165) is 6.07 Å². The molecule has 1 aliphatic rings. The third kappa shape index (κ3) is 7.21. The second kappa shape index (κ2) is 11.2. The van der Waals surface area contributed by atoms with Crippen LogP contribution in [0.4, 0.5) is 34.9 Å². The highest BCUT2D eigenvalue weighted by Crippen LogP contribution is 2.43. The maximum absolute atomic E-state index is 13.7. The van der Waals surface area contributed by atoms with Gasteiger partial charge in [-0.3, -0.25) is 14.3 Å². The Bertz CT molecular complexity index is 1780. The van der Waals surface area contributed by atoms with Crippen molar-refractivity contribution in [2.75, 3.05) is 16.9 Å². The molecule has 1 aliphatic heterocycles. The number of H-pyrrole nitrogens is 1. The van der Waals surface area contributed by atoms with Crippen molar-refractivity contribution in [1.29, 1.82) is 0 Å². The maximum atomic E-state index is 13.7. The van der Waals surface area contributed by atoms with E-state index >= 15 is 0 Å². The van der Waals surface area contributed by atoms with Crippen LogP contribution in [0.1, 0.15) is 35.3 Å². The molecule has 0 fully saturated rings. The van der Waals surface area contributed by atoms with Crippen LogP contribution in [0.5, 0.6) is 5.75 Å². The molecule has 1 amide bonds. The number of alkyl halides is 3. The number of halogens is 6. The van der Waals surface area contributed by atoms with Gasteiger partial charge in [0.1, 0.15) is 17.2 Å². The van der Waals surface area contributed by atoms with Crippen LogP contribution in [0.3, 0.4) is 0 Å². The topological polar surface area (TPSA) is 146 Å². The summed E-state index contributed by atoms with van der Waals surface area (Å²) in [6, 6.07) is 3.71. The van der Waals surface area contributed by atoms with Gasteiger partial charge in [-0.05, 0) is 38.1 Å². The van der Waals surface area contributed by atoms with Gasteiger partial charge in [0.2, 0.25) is 5.95 Å². The molecule has 4 N–H and O–H groups in total. The number of fused-ring (bicyclic) bond motifs is 3. The fourth-order valence-electron chi connectivity index (χ4n) is 4.12. The molecule has 0 spiro atoms. The third-order valence-electron chi connectivity index (χ3n) is 5.68. The van der Waals surface area contributed by atoms with Crippen molar-refractivity contribution in [3.05, 3.63) is 69.2 Å². The van der Waals surface area contributed by atoms with Crippen LogP contribution < -0.4 is 15.4 Å². The monoisotopic (exact) mass is 649 g/mol. The number of aromatic nitrogens is 3. The highest BCUT2D eigenvalue weighted by atomic mass is 35.5. The predicted molar refractivity (Wildman–Crippen MR) is 149 cm³/mol. The van der Waals surface area contributed by atoms with Crippen LogP contribution >= 0.6 is 23.2 Å². The number of ether oxygens (including phenoxy) is 1. The van der Waals surface area contributed by atoms with E-state index in [1.807, 2.05) is 13.8 Å². The zero-order valence-electron chi connectivity index (χ0n) is 21.8. The van der Waals surface area contributed by atoms with E-state index in [1.54, 1.807) is 0 Å². The summed E-state index contributed by atoms with van der Waals surface area (Å²) in [6.45, 7) is 3.66. The first-order chi connectivity index (χ1) is 19.3. The van der Waals surface area contributed by atoms with Gasteiger partial charge in [-0.2, -0.15) is 21.6 Å². The summed E-state index contributed by atoms with van der Waals surface area (Å²) >= 11 is 12.4. The van der Waals surface area contributed by atoms with E-state index in [-0.39, 0.29) is 33.0 Å². The summed E-state index contributed by atoms with van der Waals surface area (Å²) in [5.74, 6) is -1.64. The third-order valence-corrected chi connectivity index (χ3v) is 6.25. The quantitative estimate of drug-likeness (QED) is 0.142. The van der Waals surface area contributed by atoms with E-state index in [0.29, 0.717) is 47.1 Å². The smallest absolute Gasteiger partial charge is 0.419 e. The van der Waals surface area contributed by atoms with Crippen LogP contribution in [-0.2, 0) is 22.7 Å². The van der Waals surface area contributed by atoms with Gasteiger partial charge >= 0.3 is 6.18 Å². The van der Waals surface area contributed by atoms with Crippen molar-refractivity contribution in [3.8, 4) is 5.75 Å². The molecule has 0 unspecified atom stereocenters. The predicted octanol–water partition coefficient (Wildman–Crippen LogP) is 6.64. The van der Waals surface area contributed by atoms with Crippen molar-refractivity contribution >= 4 is 67.6 Å². The lowest BCUT2D eigenvalue weighted by molar-refractivity contribution is -0.139. The van der Waals surface area contributed by atoms with Gasteiger partial charge in [0.25, 0.3) is 16.0 Å². The number of pyridine rings is 1. The second-order valence-corrected chi connectivity index (χ2v) is 12.0. The van der Waals surface area contributed by atoms with Gasteiger partial charge in [0, 0.05) is 30.1 Å². The van der Waals surface area contributed by atoms with Gasteiger partial charge < -0.3 is 20.4 Å². The van der Waals surface area contributed by atoms with Gasteiger partial charge in [0.05, 0.1) is 44.1 Å². The number of hydrogen-bond donors (Lipinski definition) is 4. The number of amides is 1. The van der Waals surface area contributed by atoms with Crippen LogP contribution in [0.2, 0.25) is 10.0 Å². The van der Waals surface area contributed by atoms with Gasteiger partial charge in [0.15, 0.2) is 0 Å². The number of carbonyl (C=O) groups excluding carboxylic acids is 1. The number of nitrogens with zero attached hydrogens (tertiary/aromatic N) is 2. The fourth-order valence-corrected chi connectivity index (χ4v) is 4.57. The summed E-state index contributed by atoms with van der Waals surface area (Å²) in [5.41, 5.74) is -0.304. The van der Waals surface area contributed by atoms with E-state index in [9.17, 15) is 30.8 Å². The standard InChI is InChI=1S/C24H17Cl2F4N5O2.CH4O3S/c1-23(2)7-12-18-17(33-22(34-18)35-19-14(25)8-31-9-15(19)26)6-11(20(12)37-23)21(36)32-10-3-4-16(27)13(5-10)24(28,29)30;1-5(2,3)4/h3-6,8-9H,7H2,1-2H3,(H,32,36)(H2,31,33,34,35);1H3,(H,2,3,4). The molecule has 5 rings (SSSR count). The Morgan fingerprint density at radius 2 is 1.79 bits per heavy atom. The maximum Gasteiger partial charge on any atom is 0.419 e. The van der Waals surface area contributed by atoms with Crippen LogP contribution in [-0.4, -0.2) is 45.7 Å². The minimum Gasteiger partial charge on any atom is -0.486 e. The van der Waals surface area contributed by atoms with E-state index in [1.165, 1.54) is 18.5 Å². The number of benzene rings is 2. The molecule has 0 radical (unpaired) electrons. The van der Waals surface area contributed by atoms with Gasteiger partial charge in [-0.15, -0.1) is 0 Å². The van der Waals surface area contributed by atoms with Gasteiger partial charge in [-0.25, -0.2) is 9.37 Å². The molecule has 17 heteroatoms. The van der Waals surface area contributed by atoms with E-state index in [4.69, 9.17) is 32.5 Å². The van der Waals surface area contributed by atoms with Crippen LogP contribution in [0, 0.1) is 5.82 Å². The SMILES string of the molecule is CC1(C)Cc2c(c(C(=O)Nc3ccc(F)c(C(F)(F)F)c3)cc3[nH]c(Nc4c(Cl)cncc4Cl)nc23)O1.CS(=O)(=O)O. The molecular formula is C25H21Cl2F4N5O5S. The van der Waals surface area contributed by atoms with Crippen molar-refractivity contribution in [2.24, 2.45) is 0 Å². The molecule has 2 aromatic carbocycles. The number of hydrogen-bond acceptors (Lipinski definition) is 7. The lowest BCUT2D eigenvalue weighted by atomic mass is 9.98. The average Bonchev–Trinajstić information content (AvgIpc) is 3.39. The molecule has 2 aromatic heterocycles. The lowest BCUT2D eigenvalue weighted by Gasteiger charge is -2.18. The van der Waals surface area contributed by atoms with E-state index < -0.39 is 39.2 Å². The normalized spacial score (nSPS) is 14.0. The zero-order chi connectivity index (χ0) is 31.2. The molecule has 0 atom stereocenters. The average molecular weight is 650 g/mol. The summed E-state index contributed by atoms with van der Waals surface area (Å²) in [7, 11) is -3.67. The first-order valence-corrected chi connectivity index (χ1v) is 14.3. The summed E-state index contributed by atoms with van der Waals surface area (Å²) in [5, 5.41) is 5.93. The number of imidazole rings is 1. The summed E-state index contributed by atoms with van der Waals surface area (Å²) in [6.07, 6.45) is -0.968. The lowest BCUT2D eigenvalue weighted by Crippen LogP contribution is -2.25. The molecule has 4 aromatic rings. The molecule has 0 aliphatic carbocycles. The highest BCUT2D eigenvalue weighted by molar-refractivity contribution is 7.85. The largest absolute Gasteiger partial charge is 0.486 e. The number of nitrogens with one attached hydrogen (secondary N) is 3. The molecule has 0 bridgehead atoms. The Balaban J connectivity index is 0.000000748. The van der Waals surface area contributed by atoms with Crippen molar-refractivity contribution in [1.82, 2.24) is 15.0 Å². The molecule has 224 valence electrons. The summed E-state index contributed by atoms with van der Waals surface area (Å²) < 4.78 is 85.0. The Hall–Kier alpha value is -3.66. The number of anilines is 3. The Kier molecular flexibility index (Phi) is 8.34. The van der Waals surface area contributed by atoms with Crippen molar-refractivity contribution < 1.29 is 40.1 Å². The minimum absolute atomic E-state index is 0.0705. The molecule has 3 heterocycles. The van der Waals surface area contributed by atoms with Crippen molar-refractivity contribution in [3.63, 3.8) is 0 Å². The van der Waals surface area contributed by atoms with Crippen LogP contribution in [0.25, 0.3) is 11.0 Å². The minimum atomic E-state index is -4.92. The van der Waals surface area contributed by atoms with E-state index in [2.05, 4.69) is 25.6 Å². The second-order valence-electron chi connectivity index (χ2n) is 9.73. The Morgan fingerprint density at radius 3 is 2.38 bits per heavy atom. The van der Waals surface area contributed by atoms with Crippen molar-refractivity contribution in [2.45, 2.75) is 32.0 Å². The number of aromatic amines is 1. The first kappa shape index (κ1) is 31.3.